The largest absolute Gasteiger partial charge is 0.438 e. The topological polar surface area (TPSA) is 41.8 Å². The van der Waals surface area contributed by atoms with Gasteiger partial charge in [0.2, 0.25) is 0 Å². The van der Waals surface area contributed by atoms with E-state index in [1.54, 1.807) is 20.8 Å². The van der Waals surface area contributed by atoms with Crippen molar-refractivity contribution in [3.63, 3.8) is 0 Å². The van der Waals surface area contributed by atoms with Gasteiger partial charge in [-0.25, -0.2) is 0 Å². The van der Waals surface area contributed by atoms with E-state index in [-0.39, 0.29) is 6.10 Å². The maximum atomic E-state index is 8.52. The number of nitrogens with zero attached hydrogens (tertiary/aromatic N) is 1. The SMILES string of the molecule is CC.CC(/C=C\C[B]OC(C)C)=NC(C)C.CC(C)(C)O. The van der Waals surface area contributed by atoms with Gasteiger partial charge < -0.3 is 9.76 Å². The Morgan fingerprint density at radius 1 is 1.19 bits per heavy atom. The predicted octanol–water partition coefficient (Wildman–Crippen LogP) is 4.68. The van der Waals surface area contributed by atoms with Crippen LogP contribution in [0.3, 0.4) is 0 Å². The summed E-state index contributed by atoms with van der Waals surface area (Å²) < 4.78 is 5.29. The Kier molecular flexibility index (Phi) is 19.0. The molecule has 0 atom stereocenters. The lowest BCUT2D eigenvalue weighted by atomic mass is 9.94. The number of hydrogen-bond donors (Lipinski definition) is 1. The molecule has 0 saturated heterocycles. The highest BCUT2D eigenvalue weighted by atomic mass is 16.4. The minimum absolute atomic E-state index is 0.272. The summed E-state index contributed by atoms with van der Waals surface area (Å²) in [7, 11) is 1.82. The van der Waals surface area contributed by atoms with Gasteiger partial charge >= 0.3 is 0 Å². The Balaban J connectivity index is -0.000000389. The summed E-state index contributed by atoms with van der Waals surface area (Å²) >= 11 is 0. The van der Waals surface area contributed by atoms with Crippen molar-refractivity contribution in [2.24, 2.45) is 4.99 Å². The lowest BCUT2D eigenvalue weighted by Crippen LogP contribution is -2.10. The second-order valence-corrected chi connectivity index (χ2v) is 6.02. The highest BCUT2D eigenvalue weighted by molar-refractivity contribution is 6.28. The minimum atomic E-state index is -0.500. The molecule has 3 nitrogen and oxygen atoms in total. The van der Waals surface area contributed by atoms with E-state index in [0.717, 1.165) is 12.0 Å². The summed E-state index contributed by atoms with van der Waals surface area (Å²) in [6, 6.07) is 0.371. The van der Waals surface area contributed by atoms with Gasteiger partial charge in [-0.15, -0.1) is 0 Å². The molecule has 0 aliphatic rings. The van der Waals surface area contributed by atoms with Gasteiger partial charge in [0.25, 0.3) is 7.48 Å². The fraction of sp³-hybridized carbons (Fsp3) is 0.824. The van der Waals surface area contributed by atoms with Gasteiger partial charge in [0.1, 0.15) is 0 Å². The normalized spacial score (nSPS) is 12.0. The molecule has 21 heavy (non-hydrogen) atoms. The molecule has 125 valence electrons. The van der Waals surface area contributed by atoms with Crippen LogP contribution in [0, 0.1) is 0 Å². The van der Waals surface area contributed by atoms with Crippen molar-refractivity contribution >= 4 is 13.2 Å². The number of rotatable bonds is 6. The molecule has 0 aliphatic carbocycles. The molecule has 0 saturated carbocycles. The molecule has 0 aromatic heterocycles. The Hall–Kier alpha value is -0.605. The monoisotopic (exact) mass is 298 g/mol. The van der Waals surface area contributed by atoms with Crippen LogP contribution < -0.4 is 0 Å². The summed E-state index contributed by atoms with van der Waals surface area (Å²) in [4.78, 5) is 4.39. The maximum Gasteiger partial charge on any atom is 0.296 e. The zero-order valence-corrected chi connectivity index (χ0v) is 15.9. The highest BCUT2D eigenvalue weighted by Crippen LogP contribution is 1.94. The van der Waals surface area contributed by atoms with Crippen molar-refractivity contribution < 1.29 is 9.76 Å². The van der Waals surface area contributed by atoms with Gasteiger partial charge in [-0.1, -0.05) is 19.9 Å². The van der Waals surface area contributed by atoms with Crippen molar-refractivity contribution in [2.45, 2.75) is 93.3 Å². The van der Waals surface area contributed by atoms with E-state index in [0.29, 0.717) is 6.04 Å². The second-order valence-electron chi connectivity index (χ2n) is 6.02. The molecular formula is C17H37BNO2. The van der Waals surface area contributed by atoms with Crippen LogP contribution in [0.25, 0.3) is 0 Å². The zero-order chi connectivity index (χ0) is 17.5. The van der Waals surface area contributed by atoms with Crippen LogP contribution in [0.1, 0.15) is 69.2 Å². The Morgan fingerprint density at radius 2 is 1.62 bits per heavy atom. The summed E-state index contributed by atoms with van der Waals surface area (Å²) in [5.74, 6) is 0. The number of aliphatic hydroxyl groups is 1. The molecule has 0 spiro atoms. The quantitative estimate of drug-likeness (QED) is 0.439. The smallest absolute Gasteiger partial charge is 0.296 e. The molecule has 0 unspecified atom stereocenters. The van der Waals surface area contributed by atoms with E-state index in [1.165, 1.54) is 0 Å². The third kappa shape index (κ3) is 45.2. The van der Waals surface area contributed by atoms with Gasteiger partial charge in [-0.05, 0) is 67.8 Å². The van der Waals surface area contributed by atoms with E-state index >= 15 is 0 Å². The summed E-state index contributed by atoms with van der Waals surface area (Å²) in [5.41, 5.74) is 0.568. The minimum Gasteiger partial charge on any atom is -0.438 e. The first-order valence-corrected chi connectivity index (χ1v) is 7.92. The van der Waals surface area contributed by atoms with E-state index in [2.05, 4.69) is 24.9 Å². The number of aliphatic imine (C=N–C) groups is 1. The van der Waals surface area contributed by atoms with Gasteiger partial charge in [0.15, 0.2) is 0 Å². The molecule has 0 amide bonds. The van der Waals surface area contributed by atoms with Crippen LogP contribution in [0.4, 0.5) is 0 Å². The third-order valence-corrected chi connectivity index (χ3v) is 1.42. The van der Waals surface area contributed by atoms with Crippen LogP contribution in [-0.4, -0.2) is 36.0 Å². The molecule has 0 rings (SSSR count). The molecule has 4 heteroatoms. The first-order valence-electron chi connectivity index (χ1n) is 7.92. The van der Waals surface area contributed by atoms with Gasteiger partial charge in [-0.3, -0.25) is 4.99 Å². The lowest BCUT2D eigenvalue weighted by molar-refractivity contribution is 0.102. The zero-order valence-electron chi connectivity index (χ0n) is 15.9. The highest BCUT2D eigenvalue weighted by Gasteiger charge is 1.98. The van der Waals surface area contributed by atoms with Crippen LogP contribution >= 0.6 is 0 Å². The molecular weight excluding hydrogens is 261 g/mol. The first kappa shape index (κ1) is 25.4. The average Bonchev–Trinajstić information content (AvgIpc) is 2.27. The van der Waals surface area contributed by atoms with Crippen LogP contribution in [0.2, 0.25) is 6.32 Å². The predicted molar refractivity (Wildman–Crippen MR) is 97.5 cm³/mol. The second kappa shape index (κ2) is 15.8. The van der Waals surface area contributed by atoms with Crippen molar-refractivity contribution in [1.82, 2.24) is 0 Å². The van der Waals surface area contributed by atoms with Gasteiger partial charge in [-0.2, -0.15) is 0 Å². The summed E-state index contributed by atoms with van der Waals surface area (Å²) in [6.07, 6.45) is 5.20. The Labute approximate surface area is 134 Å². The molecule has 1 N–H and O–H groups in total. The standard InChI is InChI=1S/C11H21BNO.C4H10O.C2H6/c1-9(2)13-11(5)7-6-8-12-14-10(3)4;1-4(2,3)5;1-2/h6-7,9-10H,8H2,1-5H3;5H,1-3H3;1-2H3/b7-6-,13-11?;;. The number of hydrogen-bond acceptors (Lipinski definition) is 3. The lowest BCUT2D eigenvalue weighted by Gasteiger charge is -2.04. The van der Waals surface area contributed by atoms with Crippen molar-refractivity contribution in [2.75, 3.05) is 0 Å². The number of allylic oxidation sites excluding steroid dienone is 2. The van der Waals surface area contributed by atoms with Crippen LogP contribution in [-0.2, 0) is 4.65 Å². The van der Waals surface area contributed by atoms with E-state index < -0.39 is 5.60 Å². The van der Waals surface area contributed by atoms with E-state index in [4.69, 9.17) is 9.76 Å². The fourth-order valence-electron chi connectivity index (χ4n) is 0.992. The molecule has 0 heterocycles. The van der Waals surface area contributed by atoms with Crippen LogP contribution in [0.5, 0.6) is 0 Å². The molecule has 0 aromatic rings. The average molecular weight is 298 g/mol. The summed E-state index contributed by atoms with van der Waals surface area (Å²) in [5, 5.41) is 8.52. The van der Waals surface area contributed by atoms with E-state index in [9.17, 15) is 0 Å². The van der Waals surface area contributed by atoms with Crippen molar-refractivity contribution in [3.05, 3.63) is 12.2 Å². The summed E-state index contributed by atoms with van der Waals surface area (Å²) in [6.45, 7) is 19.4. The van der Waals surface area contributed by atoms with Gasteiger partial charge in [0.05, 0.1) is 5.60 Å². The van der Waals surface area contributed by atoms with Crippen LogP contribution in [0.15, 0.2) is 17.1 Å². The third-order valence-electron chi connectivity index (χ3n) is 1.42. The molecule has 1 radical (unpaired) electrons. The van der Waals surface area contributed by atoms with Gasteiger partial charge in [0, 0.05) is 17.9 Å². The Morgan fingerprint density at radius 3 is 1.95 bits per heavy atom. The van der Waals surface area contributed by atoms with E-state index in [1.807, 2.05) is 48.2 Å². The Bertz CT molecular complexity index is 260. The van der Waals surface area contributed by atoms with Crippen molar-refractivity contribution in [3.8, 4) is 0 Å². The molecule has 0 bridgehead atoms. The van der Waals surface area contributed by atoms with Crippen molar-refractivity contribution in [1.29, 1.82) is 0 Å². The molecule has 0 fully saturated rings. The maximum absolute atomic E-state index is 8.52. The molecule has 0 aromatic carbocycles. The molecule has 0 aliphatic heterocycles. The fourth-order valence-corrected chi connectivity index (χ4v) is 0.992. The first-order chi connectivity index (χ1) is 9.52.